The van der Waals surface area contributed by atoms with E-state index < -0.39 is 11.6 Å². The van der Waals surface area contributed by atoms with Crippen molar-refractivity contribution in [2.45, 2.75) is 25.4 Å². The van der Waals surface area contributed by atoms with E-state index >= 15 is 0 Å². The summed E-state index contributed by atoms with van der Waals surface area (Å²) in [6.45, 7) is 0.198. The van der Waals surface area contributed by atoms with E-state index in [0.29, 0.717) is 18.4 Å². The van der Waals surface area contributed by atoms with E-state index in [2.05, 4.69) is 10.6 Å². The van der Waals surface area contributed by atoms with E-state index in [4.69, 9.17) is 10.2 Å². The van der Waals surface area contributed by atoms with Gasteiger partial charge in [-0.15, -0.1) is 0 Å². The lowest BCUT2D eigenvalue weighted by Gasteiger charge is -2.19. The second kappa shape index (κ2) is 8.88. The van der Waals surface area contributed by atoms with E-state index in [1.165, 1.54) is 12.1 Å². The Hall–Kier alpha value is -2.60. The van der Waals surface area contributed by atoms with E-state index in [1.807, 2.05) is 30.3 Å². The predicted octanol–water partition coefficient (Wildman–Crippen LogP) is 2.84. The molecule has 0 radical (unpaired) electrons. The number of phenolic OH excluding ortho intramolecular Hbond substituents is 1. The van der Waals surface area contributed by atoms with Gasteiger partial charge in [0, 0.05) is 13.2 Å². The number of benzene rings is 2. The van der Waals surface area contributed by atoms with Crippen LogP contribution in [0.15, 0.2) is 48.5 Å². The zero-order valence-electron chi connectivity index (χ0n) is 13.2. The quantitative estimate of drug-likeness (QED) is 0.629. The molecule has 24 heavy (non-hydrogen) atoms. The lowest BCUT2D eigenvalue weighted by molar-refractivity contribution is 0.232. The number of urea groups is 1. The number of aromatic hydroxyl groups is 1. The fourth-order valence-corrected chi connectivity index (χ4v) is 2.35. The summed E-state index contributed by atoms with van der Waals surface area (Å²) in [5, 5.41) is 23.7. The molecule has 0 spiro atoms. The zero-order valence-corrected chi connectivity index (χ0v) is 13.2. The van der Waals surface area contributed by atoms with Crippen LogP contribution >= 0.6 is 0 Å². The Morgan fingerprint density at radius 1 is 1.17 bits per heavy atom. The molecule has 0 saturated heterocycles. The SMILES string of the molecule is O=C(NCc1ccc(O)c(F)c1)NC(CCCO)c1ccccc1. The average Bonchev–Trinajstić information content (AvgIpc) is 2.60. The highest BCUT2D eigenvalue weighted by molar-refractivity contribution is 5.74. The van der Waals surface area contributed by atoms with E-state index in [0.717, 1.165) is 5.56 Å². The Kier molecular flexibility index (Phi) is 6.57. The van der Waals surface area contributed by atoms with Gasteiger partial charge in [-0.05, 0) is 36.1 Å². The van der Waals surface area contributed by atoms with Gasteiger partial charge in [-0.3, -0.25) is 0 Å². The van der Waals surface area contributed by atoms with Crippen molar-refractivity contribution in [2.24, 2.45) is 0 Å². The van der Waals surface area contributed by atoms with Gasteiger partial charge in [-0.1, -0.05) is 36.4 Å². The van der Waals surface area contributed by atoms with Crippen LogP contribution in [0.25, 0.3) is 0 Å². The van der Waals surface area contributed by atoms with Gasteiger partial charge in [-0.25, -0.2) is 9.18 Å². The first-order valence-corrected chi connectivity index (χ1v) is 7.77. The molecule has 0 bridgehead atoms. The summed E-state index contributed by atoms with van der Waals surface area (Å²) < 4.78 is 13.3. The second-order valence-corrected chi connectivity index (χ2v) is 5.44. The Labute approximate surface area is 140 Å². The molecule has 2 aromatic rings. The lowest BCUT2D eigenvalue weighted by atomic mass is 10.0. The average molecular weight is 332 g/mol. The number of hydrogen-bond acceptors (Lipinski definition) is 3. The minimum Gasteiger partial charge on any atom is -0.505 e. The Morgan fingerprint density at radius 2 is 1.92 bits per heavy atom. The van der Waals surface area contributed by atoms with E-state index in [1.54, 1.807) is 6.07 Å². The summed E-state index contributed by atoms with van der Waals surface area (Å²) >= 11 is 0. The van der Waals surface area contributed by atoms with Gasteiger partial charge in [0.2, 0.25) is 0 Å². The monoisotopic (exact) mass is 332 g/mol. The molecule has 1 atom stereocenters. The number of amides is 2. The lowest BCUT2D eigenvalue weighted by Crippen LogP contribution is -2.37. The van der Waals surface area contributed by atoms with Crippen molar-refractivity contribution < 1.29 is 19.4 Å². The van der Waals surface area contributed by atoms with Crippen LogP contribution in [0.1, 0.15) is 30.0 Å². The Balaban J connectivity index is 1.93. The molecule has 0 aliphatic carbocycles. The molecule has 0 heterocycles. The van der Waals surface area contributed by atoms with Crippen LogP contribution in [0.4, 0.5) is 9.18 Å². The van der Waals surface area contributed by atoms with Gasteiger partial charge in [0.05, 0.1) is 6.04 Å². The van der Waals surface area contributed by atoms with Crippen LogP contribution < -0.4 is 10.6 Å². The molecule has 0 aromatic heterocycles. The topological polar surface area (TPSA) is 81.6 Å². The fraction of sp³-hybridized carbons (Fsp3) is 0.278. The summed E-state index contributed by atoms with van der Waals surface area (Å²) in [5.41, 5.74) is 1.50. The molecule has 2 aromatic carbocycles. The van der Waals surface area contributed by atoms with Gasteiger partial charge in [0.15, 0.2) is 11.6 Å². The van der Waals surface area contributed by atoms with Gasteiger partial charge in [0.25, 0.3) is 0 Å². The van der Waals surface area contributed by atoms with Crippen molar-refractivity contribution in [3.8, 4) is 5.75 Å². The molecule has 128 valence electrons. The highest BCUT2D eigenvalue weighted by atomic mass is 19.1. The van der Waals surface area contributed by atoms with Crippen LogP contribution in [0, 0.1) is 5.82 Å². The summed E-state index contributed by atoms with van der Waals surface area (Å²) in [5.74, 6) is -1.14. The number of aliphatic hydroxyl groups excluding tert-OH is 1. The number of aliphatic hydroxyl groups is 1. The Morgan fingerprint density at radius 3 is 2.58 bits per heavy atom. The number of carbonyl (C=O) groups is 1. The van der Waals surface area contributed by atoms with Crippen LogP contribution in [0.5, 0.6) is 5.75 Å². The highest BCUT2D eigenvalue weighted by Crippen LogP contribution is 2.18. The first-order chi connectivity index (χ1) is 11.6. The second-order valence-electron chi connectivity index (χ2n) is 5.44. The molecule has 4 N–H and O–H groups in total. The summed E-state index contributed by atoms with van der Waals surface area (Å²) in [6.07, 6.45) is 1.19. The van der Waals surface area contributed by atoms with Crippen LogP contribution in [-0.2, 0) is 6.54 Å². The summed E-state index contributed by atoms with van der Waals surface area (Å²) in [7, 11) is 0. The molecular formula is C18H21FN2O3. The number of rotatable bonds is 7. The van der Waals surface area contributed by atoms with Gasteiger partial charge >= 0.3 is 6.03 Å². The number of nitrogens with one attached hydrogen (secondary N) is 2. The maximum absolute atomic E-state index is 13.3. The van der Waals surface area contributed by atoms with Crippen molar-refractivity contribution in [1.82, 2.24) is 10.6 Å². The minimum absolute atomic E-state index is 0.0550. The molecular weight excluding hydrogens is 311 g/mol. The smallest absolute Gasteiger partial charge is 0.315 e. The largest absolute Gasteiger partial charge is 0.505 e. The Bertz CT molecular complexity index is 665. The van der Waals surface area contributed by atoms with Crippen molar-refractivity contribution in [1.29, 1.82) is 0 Å². The third-order valence-electron chi connectivity index (χ3n) is 3.62. The number of phenols is 1. The standard InChI is InChI=1S/C18H21FN2O3/c19-15-11-13(8-9-17(15)23)12-20-18(24)21-16(7-4-10-22)14-5-2-1-3-6-14/h1-3,5-6,8-9,11,16,22-23H,4,7,10,12H2,(H2,20,21,24). The molecule has 6 heteroatoms. The van der Waals surface area contributed by atoms with Gasteiger partial charge in [0.1, 0.15) is 0 Å². The molecule has 0 fully saturated rings. The summed E-state index contributed by atoms with van der Waals surface area (Å²) in [6, 6.07) is 12.9. The van der Waals surface area contributed by atoms with Gasteiger partial charge in [-0.2, -0.15) is 0 Å². The maximum Gasteiger partial charge on any atom is 0.315 e. The van der Waals surface area contributed by atoms with Gasteiger partial charge < -0.3 is 20.8 Å². The molecule has 2 rings (SSSR count). The zero-order chi connectivity index (χ0) is 17.4. The first kappa shape index (κ1) is 17.7. The number of halogens is 1. The van der Waals surface area contributed by atoms with Crippen molar-refractivity contribution in [3.05, 3.63) is 65.5 Å². The molecule has 0 saturated carbocycles. The third kappa shape index (κ3) is 5.24. The van der Waals surface area contributed by atoms with Crippen molar-refractivity contribution in [3.63, 3.8) is 0 Å². The fourth-order valence-electron chi connectivity index (χ4n) is 2.35. The third-order valence-corrected chi connectivity index (χ3v) is 3.62. The molecule has 1 unspecified atom stereocenters. The molecule has 0 aliphatic heterocycles. The highest BCUT2D eigenvalue weighted by Gasteiger charge is 2.14. The van der Waals surface area contributed by atoms with Crippen LogP contribution in [-0.4, -0.2) is 22.9 Å². The predicted molar refractivity (Wildman–Crippen MR) is 88.9 cm³/mol. The van der Waals surface area contributed by atoms with E-state index in [-0.39, 0.29) is 25.2 Å². The van der Waals surface area contributed by atoms with E-state index in [9.17, 15) is 9.18 Å². The molecule has 5 nitrogen and oxygen atoms in total. The normalized spacial score (nSPS) is 11.8. The molecule has 0 aliphatic rings. The van der Waals surface area contributed by atoms with Crippen molar-refractivity contribution >= 4 is 6.03 Å². The summed E-state index contributed by atoms with van der Waals surface area (Å²) in [4.78, 5) is 12.1. The number of hydrogen-bond donors (Lipinski definition) is 4. The van der Waals surface area contributed by atoms with Crippen molar-refractivity contribution in [2.75, 3.05) is 6.61 Å². The maximum atomic E-state index is 13.3. The van der Waals surface area contributed by atoms with Crippen LogP contribution in [0.3, 0.4) is 0 Å². The number of carbonyl (C=O) groups excluding carboxylic acids is 1. The molecule has 2 amide bonds. The minimum atomic E-state index is -0.722. The first-order valence-electron chi connectivity index (χ1n) is 7.77. The van der Waals surface area contributed by atoms with Crippen LogP contribution in [0.2, 0.25) is 0 Å².